The molecule has 21 heavy (non-hydrogen) atoms. The minimum atomic E-state index is -0.882. The molecule has 0 atom stereocenters. The van der Waals surface area contributed by atoms with Gasteiger partial charge in [0.25, 0.3) is 0 Å². The van der Waals surface area contributed by atoms with Crippen molar-refractivity contribution >= 4 is 17.6 Å². The van der Waals surface area contributed by atoms with Crippen LogP contribution in [0.3, 0.4) is 0 Å². The second-order valence-electron chi connectivity index (χ2n) is 6.13. The fourth-order valence-electron chi connectivity index (χ4n) is 2.56. The highest BCUT2D eigenvalue weighted by Gasteiger charge is 2.29. The van der Waals surface area contributed by atoms with Gasteiger partial charge >= 0.3 is 5.97 Å². The zero-order valence-electron chi connectivity index (χ0n) is 12.5. The number of fused-ring (bicyclic) bond motifs is 1. The molecule has 1 aliphatic heterocycles. The molecule has 2 rings (SSSR count). The van der Waals surface area contributed by atoms with Gasteiger partial charge in [-0.2, -0.15) is 0 Å². The van der Waals surface area contributed by atoms with Gasteiger partial charge in [0.05, 0.1) is 18.7 Å². The molecule has 114 valence electrons. The maximum absolute atomic E-state index is 12.6. The van der Waals surface area contributed by atoms with Gasteiger partial charge in [0.2, 0.25) is 5.91 Å². The van der Waals surface area contributed by atoms with Crippen LogP contribution in [-0.4, -0.2) is 30.1 Å². The Morgan fingerprint density at radius 3 is 2.71 bits per heavy atom. The molecule has 0 fully saturated rings. The third-order valence-electron chi connectivity index (χ3n) is 3.50. The second kappa shape index (κ2) is 6.16. The molecule has 5 nitrogen and oxygen atoms in total. The monoisotopic (exact) mass is 291 g/mol. The minimum absolute atomic E-state index is 0.0231. The molecule has 0 radical (unpaired) electrons. The van der Waals surface area contributed by atoms with Crippen LogP contribution < -0.4 is 9.64 Å². The van der Waals surface area contributed by atoms with E-state index in [1.807, 2.05) is 24.3 Å². The van der Waals surface area contributed by atoms with Crippen molar-refractivity contribution in [1.29, 1.82) is 0 Å². The van der Waals surface area contributed by atoms with E-state index < -0.39 is 11.4 Å². The number of benzene rings is 1. The first-order chi connectivity index (χ1) is 9.89. The van der Waals surface area contributed by atoms with Crippen LogP contribution in [0.4, 0.5) is 5.69 Å². The summed E-state index contributed by atoms with van der Waals surface area (Å²) in [6.07, 6.45) is 0.943. The molecule has 0 unspecified atom stereocenters. The molecule has 5 heteroatoms. The van der Waals surface area contributed by atoms with Gasteiger partial charge in [0.1, 0.15) is 5.75 Å². The van der Waals surface area contributed by atoms with E-state index in [9.17, 15) is 9.59 Å². The van der Waals surface area contributed by atoms with Crippen LogP contribution >= 0.6 is 0 Å². The summed E-state index contributed by atoms with van der Waals surface area (Å²) in [5.74, 6) is -0.231. The van der Waals surface area contributed by atoms with E-state index in [1.54, 1.807) is 18.7 Å². The van der Waals surface area contributed by atoms with E-state index in [4.69, 9.17) is 9.84 Å². The highest BCUT2D eigenvalue weighted by Crippen LogP contribution is 2.33. The number of hydrogen-bond acceptors (Lipinski definition) is 3. The lowest BCUT2D eigenvalue weighted by atomic mass is 9.85. The van der Waals surface area contributed by atoms with E-state index in [0.29, 0.717) is 18.9 Å². The smallest absolute Gasteiger partial charge is 0.303 e. The van der Waals surface area contributed by atoms with Gasteiger partial charge in [-0.15, -0.1) is 0 Å². The van der Waals surface area contributed by atoms with Crippen LogP contribution in [0, 0.1) is 5.41 Å². The quantitative estimate of drug-likeness (QED) is 0.926. The van der Waals surface area contributed by atoms with E-state index in [2.05, 4.69) is 0 Å². The van der Waals surface area contributed by atoms with Crippen LogP contribution in [0.2, 0.25) is 0 Å². The predicted molar refractivity (Wildman–Crippen MR) is 79.6 cm³/mol. The number of rotatable bonds is 4. The van der Waals surface area contributed by atoms with Crippen LogP contribution in [0.15, 0.2) is 24.3 Å². The number of anilines is 1. The average molecular weight is 291 g/mol. The van der Waals surface area contributed by atoms with Gasteiger partial charge in [0, 0.05) is 13.0 Å². The van der Waals surface area contributed by atoms with Crippen LogP contribution in [0.25, 0.3) is 0 Å². The Bertz CT molecular complexity index is 539. The van der Waals surface area contributed by atoms with Gasteiger partial charge < -0.3 is 14.7 Å². The normalized spacial score (nSPS) is 14.9. The number of hydrogen-bond donors (Lipinski definition) is 1. The lowest BCUT2D eigenvalue weighted by Crippen LogP contribution is -2.35. The molecule has 1 aromatic carbocycles. The van der Waals surface area contributed by atoms with Crippen LogP contribution in [-0.2, 0) is 9.59 Å². The van der Waals surface area contributed by atoms with Gasteiger partial charge in [-0.05, 0) is 24.0 Å². The molecule has 1 N–H and O–H groups in total. The highest BCUT2D eigenvalue weighted by atomic mass is 16.5. The Morgan fingerprint density at radius 1 is 1.29 bits per heavy atom. The zero-order chi connectivity index (χ0) is 15.5. The first kappa shape index (κ1) is 15.4. The lowest BCUT2D eigenvalue weighted by molar-refractivity contribution is -0.139. The van der Waals surface area contributed by atoms with Gasteiger partial charge in [0.15, 0.2) is 0 Å². The standard InChI is InChI=1S/C16H21NO4/c1-16(2,11-15(19)20)10-14(18)17-8-5-9-21-13-7-4-3-6-12(13)17/h3-4,6-7H,5,8-11H2,1-2H3,(H,19,20). The molecule has 0 saturated heterocycles. The number of carbonyl (C=O) groups is 2. The Hall–Kier alpha value is -2.04. The number of amides is 1. The third-order valence-corrected chi connectivity index (χ3v) is 3.50. The lowest BCUT2D eigenvalue weighted by Gasteiger charge is -2.27. The highest BCUT2D eigenvalue weighted by molar-refractivity contribution is 5.95. The van der Waals surface area contributed by atoms with Crippen molar-refractivity contribution in [2.24, 2.45) is 5.41 Å². The largest absolute Gasteiger partial charge is 0.491 e. The number of aliphatic carboxylic acids is 1. The summed E-state index contributed by atoms with van der Waals surface area (Å²) in [5, 5.41) is 8.93. The van der Waals surface area contributed by atoms with E-state index >= 15 is 0 Å². The average Bonchev–Trinajstić information content (AvgIpc) is 2.58. The minimum Gasteiger partial charge on any atom is -0.491 e. The summed E-state index contributed by atoms with van der Waals surface area (Å²) in [6, 6.07) is 7.46. The van der Waals surface area contributed by atoms with Crippen molar-refractivity contribution in [1.82, 2.24) is 0 Å². The Balaban J connectivity index is 2.17. The summed E-state index contributed by atoms with van der Waals surface area (Å²) in [7, 11) is 0. The predicted octanol–water partition coefficient (Wildman–Crippen LogP) is 2.69. The van der Waals surface area contributed by atoms with Crippen molar-refractivity contribution in [2.75, 3.05) is 18.1 Å². The molecule has 1 heterocycles. The van der Waals surface area contributed by atoms with E-state index in [-0.39, 0.29) is 18.7 Å². The zero-order valence-corrected chi connectivity index (χ0v) is 12.5. The molecule has 1 amide bonds. The molecular weight excluding hydrogens is 270 g/mol. The van der Waals surface area contributed by atoms with Crippen molar-refractivity contribution in [2.45, 2.75) is 33.1 Å². The number of ether oxygens (including phenoxy) is 1. The molecule has 1 aliphatic rings. The molecule has 0 saturated carbocycles. The van der Waals surface area contributed by atoms with E-state index in [0.717, 1.165) is 12.1 Å². The first-order valence-corrected chi connectivity index (χ1v) is 7.13. The summed E-state index contributed by atoms with van der Waals surface area (Å²) < 4.78 is 5.64. The Kier molecular flexibility index (Phi) is 4.50. The Labute approximate surface area is 124 Å². The van der Waals surface area contributed by atoms with Gasteiger partial charge in [-0.25, -0.2) is 0 Å². The van der Waals surface area contributed by atoms with Crippen LogP contribution in [0.5, 0.6) is 5.75 Å². The summed E-state index contributed by atoms with van der Waals surface area (Å²) in [5.41, 5.74) is 0.205. The van der Waals surface area contributed by atoms with Crippen molar-refractivity contribution in [3.63, 3.8) is 0 Å². The fraction of sp³-hybridized carbons (Fsp3) is 0.500. The Morgan fingerprint density at radius 2 is 2.00 bits per heavy atom. The molecule has 0 aliphatic carbocycles. The molecule has 0 spiro atoms. The molecule has 0 bridgehead atoms. The summed E-state index contributed by atoms with van der Waals surface area (Å²) >= 11 is 0. The summed E-state index contributed by atoms with van der Waals surface area (Å²) in [6.45, 7) is 4.79. The topological polar surface area (TPSA) is 66.8 Å². The molecule has 1 aromatic rings. The van der Waals surface area contributed by atoms with Crippen LogP contribution in [0.1, 0.15) is 33.1 Å². The number of para-hydroxylation sites is 2. The maximum atomic E-state index is 12.6. The fourth-order valence-corrected chi connectivity index (χ4v) is 2.56. The van der Waals surface area contributed by atoms with Gasteiger partial charge in [-0.3, -0.25) is 9.59 Å². The van der Waals surface area contributed by atoms with Crippen molar-refractivity contribution in [3.05, 3.63) is 24.3 Å². The SMILES string of the molecule is CC(C)(CC(=O)O)CC(=O)N1CCCOc2ccccc21. The summed E-state index contributed by atoms with van der Waals surface area (Å²) in [4.78, 5) is 25.2. The number of nitrogens with zero attached hydrogens (tertiary/aromatic N) is 1. The number of carboxylic acids is 1. The molecule has 0 aromatic heterocycles. The van der Waals surface area contributed by atoms with Crippen molar-refractivity contribution < 1.29 is 19.4 Å². The number of carboxylic acid groups (broad SMARTS) is 1. The van der Waals surface area contributed by atoms with Crippen molar-refractivity contribution in [3.8, 4) is 5.75 Å². The van der Waals surface area contributed by atoms with E-state index in [1.165, 1.54) is 0 Å². The first-order valence-electron chi connectivity index (χ1n) is 7.13. The number of carbonyl (C=O) groups excluding carboxylic acids is 1. The van der Waals surface area contributed by atoms with Gasteiger partial charge in [-0.1, -0.05) is 26.0 Å². The third kappa shape index (κ3) is 3.97. The molecular formula is C16H21NO4. The second-order valence-corrected chi connectivity index (χ2v) is 6.13. The maximum Gasteiger partial charge on any atom is 0.303 e.